The molecule has 0 spiro atoms. The van der Waals surface area contributed by atoms with Crippen LogP contribution in [0.1, 0.15) is 15.9 Å². The molecule has 0 heterocycles. The smallest absolute Gasteiger partial charge is 0.269 e. The highest BCUT2D eigenvalue weighted by atomic mass is 79.9. The van der Waals surface area contributed by atoms with Gasteiger partial charge in [-0.15, -0.1) is 0 Å². The van der Waals surface area contributed by atoms with E-state index in [2.05, 4.69) is 15.9 Å². The number of hydrogen-bond acceptors (Lipinski definition) is 5. The Balaban J connectivity index is 2.21. The van der Waals surface area contributed by atoms with Crippen LogP contribution in [0.25, 0.3) is 0 Å². The number of carbonyl (C=O) groups excluding carboxylic acids is 1. The number of carbonyl (C=O) groups is 1. The van der Waals surface area contributed by atoms with Gasteiger partial charge in [-0.1, -0.05) is 12.1 Å². The fraction of sp³-hybridized carbons (Fsp3) is 0.133. The number of halogens is 1. The van der Waals surface area contributed by atoms with E-state index in [1.54, 1.807) is 24.3 Å². The first-order valence-corrected chi connectivity index (χ1v) is 7.03. The van der Waals surface area contributed by atoms with Gasteiger partial charge >= 0.3 is 0 Å². The molecule has 0 aliphatic heterocycles. The van der Waals surface area contributed by atoms with Crippen molar-refractivity contribution in [3.8, 4) is 11.5 Å². The van der Waals surface area contributed by atoms with Gasteiger partial charge in [0, 0.05) is 22.2 Å². The molecule has 0 saturated carbocycles. The molecule has 0 fully saturated rings. The standard InChI is InChI=1S/C15H12BrNO5/c1-21-14-6-11(8-18)13(16)7-15(14)22-9-10-3-2-4-12(5-10)17(19)20/h2-8H,9H2,1H3. The minimum atomic E-state index is -0.459. The SMILES string of the molecule is COc1cc(C=O)c(Br)cc1OCc1cccc([N+](=O)[O-])c1. The van der Waals surface area contributed by atoms with Gasteiger partial charge in [0.15, 0.2) is 17.8 Å². The highest BCUT2D eigenvalue weighted by Gasteiger charge is 2.11. The number of ether oxygens (including phenoxy) is 2. The average molecular weight is 366 g/mol. The third-order valence-electron chi connectivity index (χ3n) is 2.93. The van der Waals surface area contributed by atoms with Gasteiger partial charge in [0.25, 0.3) is 5.69 Å². The zero-order valence-corrected chi connectivity index (χ0v) is 13.2. The van der Waals surface area contributed by atoms with Crippen LogP contribution in [0.15, 0.2) is 40.9 Å². The van der Waals surface area contributed by atoms with Crippen molar-refractivity contribution in [2.45, 2.75) is 6.61 Å². The molecule has 2 aromatic rings. The number of benzene rings is 2. The summed E-state index contributed by atoms with van der Waals surface area (Å²) in [7, 11) is 1.47. The topological polar surface area (TPSA) is 78.7 Å². The van der Waals surface area contributed by atoms with E-state index in [9.17, 15) is 14.9 Å². The van der Waals surface area contributed by atoms with Crippen LogP contribution in [-0.2, 0) is 6.61 Å². The van der Waals surface area contributed by atoms with E-state index in [0.29, 0.717) is 33.4 Å². The zero-order valence-electron chi connectivity index (χ0n) is 11.6. The lowest BCUT2D eigenvalue weighted by Gasteiger charge is -2.12. The molecule has 114 valence electrons. The summed E-state index contributed by atoms with van der Waals surface area (Å²) in [6.07, 6.45) is 0.705. The highest BCUT2D eigenvalue weighted by molar-refractivity contribution is 9.10. The third kappa shape index (κ3) is 3.62. The Morgan fingerprint density at radius 2 is 2.05 bits per heavy atom. The summed E-state index contributed by atoms with van der Waals surface area (Å²) >= 11 is 3.27. The minimum Gasteiger partial charge on any atom is -0.493 e. The van der Waals surface area contributed by atoms with Gasteiger partial charge < -0.3 is 9.47 Å². The minimum absolute atomic E-state index is 0.00514. The molecule has 0 saturated heterocycles. The van der Waals surface area contributed by atoms with Crippen LogP contribution in [0, 0.1) is 10.1 Å². The van der Waals surface area contributed by atoms with E-state index in [0.717, 1.165) is 0 Å². The molecule has 0 N–H and O–H groups in total. The summed E-state index contributed by atoms with van der Waals surface area (Å²) in [5.74, 6) is 0.849. The van der Waals surface area contributed by atoms with Gasteiger partial charge in [0.05, 0.1) is 12.0 Å². The maximum atomic E-state index is 10.9. The maximum Gasteiger partial charge on any atom is 0.269 e. The molecule has 0 aliphatic rings. The van der Waals surface area contributed by atoms with E-state index in [1.165, 1.54) is 19.2 Å². The van der Waals surface area contributed by atoms with Crippen LogP contribution in [0.3, 0.4) is 0 Å². The fourth-order valence-electron chi connectivity index (χ4n) is 1.83. The fourth-order valence-corrected chi connectivity index (χ4v) is 2.25. The van der Waals surface area contributed by atoms with Crippen molar-refractivity contribution in [2.24, 2.45) is 0 Å². The molecule has 7 heteroatoms. The molecule has 6 nitrogen and oxygen atoms in total. The average Bonchev–Trinajstić information content (AvgIpc) is 2.53. The number of hydrogen-bond donors (Lipinski definition) is 0. The summed E-state index contributed by atoms with van der Waals surface area (Å²) in [4.78, 5) is 21.2. The molecule has 0 bridgehead atoms. The number of nitro groups is 1. The third-order valence-corrected chi connectivity index (χ3v) is 3.61. The number of non-ortho nitro benzene ring substituents is 1. The lowest BCUT2D eigenvalue weighted by Crippen LogP contribution is -2.00. The van der Waals surface area contributed by atoms with Crippen molar-refractivity contribution in [3.05, 3.63) is 62.1 Å². The first-order chi connectivity index (χ1) is 10.5. The lowest BCUT2D eigenvalue weighted by atomic mass is 10.2. The van der Waals surface area contributed by atoms with E-state index >= 15 is 0 Å². The first-order valence-electron chi connectivity index (χ1n) is 6.24. The van der Waals surface area contributed by atoms with Crippen LogP contribution < -0.4 is 9.47 Å². The Labute approximate surface area is 134 Å². The maximum absolute atomic E-state index is 10.9. The number of rotatable bonds is 6. The lowest BCUT2D eigenvalue weighted by molar-refractivity contribution is -0.384. The molecular formula is C15H12BrNO5. The van der Waals surface area contributed by atoms with Crippen molar-refractivity contribution < 1.29 is 19.2 Å². The van der Waals surface area contributed by atoms with Crippen LogP contribution in [-0.4, -0.2) is 18.3 Å². The molecule has 0 amide bonds. The van der Waals surface area contributed by atoms with Gasteiger partial charge in [-0.25, -0.2) is 0 Å². The Kier molecular flexibility index (Phi) is 5.11. The van der Waals surface area contributed by atoms with E-state index < -0.39 is 4.92 Å². The summed E-state index contributed by atoms with van der Waals surface area (Å²) in [6.45, 7) is 0.144. The Hall–Kier alpha value is -2.41. The largest absolute Gasteiger partial charge is 0.493 e. The quantitative estimate of drug-likeness (QED) is 0.442. The van der Waals surface area contributed by atoms with Gasteiger partial charge in [-0.05, 0) is 33.6 Å². The molecule has 0 atom stereocenters. The molecule has 0 radical (unpaired) electrons. The first kappa shape index (κ1) is 16.0. The van der Waals surface area contributed by atoms with Crippen molar-refractivity contribution in [3.63, 3.8) is 0 Å². The molecular weight excluding hydrogens is 354 g/mol. The number of nitrogens with zero attached hydrogens (tertiary/aromatic N) is 1. The van der Waals surface area contributed by atoms with Gasteiger partial charge in [-0.3, -0.25) is 14.9 Å². The van der Waals surface area contributed by atoms with Crippen molar-refractivity contribution in [2.75, 3.05) is 7.11 Å². The summed E-state index contributed by atoms with van der Waals surface area (Å²) in [6, 6.07) is 9.37. The van der Waals surface area contributed by atoms with Gasteiger partial charge in [-0.2, -0.15) is 0 Å². The second-order valence-corrected chi connectivity index (χ2v) is 5.21. The Bertz CT molecular complexity index is 717. The second-order valence-electron chi connectivity index (χ2n) is 4.36. The summed E-state index contributed by atoms with van der Waals surface area (Å²) < 4.78 is 11.4. The van der Waals surface area contributed by atoms with Crippen molar-refractivity contribution >= 4 is 27.9 Å². The Morgan fingerprint density at radius 1 is 1.27 bits per heavy atom. The Morgan fingerprint density at radius 3 is 2.68 bits per heavy atom. The number of nitro benzene ring substituents is 1. The molecule has 22 heavy (non-hydrogen) atoms. The van der Waals surface area contributed by atoms with Crippen molar-refractivity contribution in [1.29, 1.82) is 0 Å². The molecule has 0 aliphatic carbocycles. The number of methoxy groups -OCH3 is 1. The van der Waals surface area contributed by atoms with Crippen molar-refractivity contribution in [1.82, 2.24) is 0 Å². The molecule has 2 aromatic carbocycles. The number of aldehydes is 1. The monoisotopic (exact) mass is 365 g/mol. The summed E-state index contributed by atoms with van der Waals surface area (Å²) in [5, 5.41) is 10.7. The predicted octanol–water partition coefficient (Wildman–Crippen LogP) is 3.76. The molecule has 0 unspecified atom stereocenters. The summed E-state index contributed by atoms with van der Waals surface area (Å²) in [5.41, 5.74) is 1.11. The molecule has 0 aromatic heterocycles. The highest BCUT2D eigenvalue weighted by Crippen LogP contribution is 2.33. The second kappa shape index (κ2) is 7.04. The zero-order chi connectivity index (χ0) is 16.1. The normalized spacial score (nSPS) is 10.1. The van der Waals surface area contributed by atoms with E-state index in [1.807, 2.05) is 0 Å². The van der Waals surface area contributed by atoms with E-state index in [4.69, 9.17) is 9.47 Å². The van der Waals surface area contributed by atoms with E-state index in [-0.39, 0.29) is 12.3 Å². The van der Waals surface area contributed by atoms with Gasteiger partial charge in [0.2, 0.25) is 0 Å². The van der Waals surface area contributed by atoms with Crippen LogP contribution in [0.5, 0.6) is 11.5 Å². The van der Waals surface area contributed by atoms with Crippen LogP contribution in [0.4, 0.5) is 5.69 Å². The predicted molar refractivity (Wildman–Crippen MR) is 83.5 cm³/mol. The molecule has 2 rings (SSSR count). The van der Waals surface area contributed by atoms with Crippen LogP contribution in [0.2, 0.25) is 0 Å². The van der Waals surface area contributed by atoms with Crippen LogP contribution >= 0.6 is 15.9 Å². The van der Waals surface area contributed by atoms with Gasteiger partial charge in [0.1, 0.15) is 6.61 Å².